The van der Waals surface area contributed by atoms with Crippen LogP contribution in [0.3, 0.4) is 0 Å². The van der Waals surface area contributed by atoms with Gasteiger partial charge in [0, 0.05) is 18.7 Å². The van der Waals surface area contributed by atoms with E-state index in [1.54, 1.807) is 7.11 Å². The first-order chi connectivity index (χ1) is 6.85. The number of nitrogens with zero attached hydrogens (tertiary/aromatic N) is 1. The summed E-state index contributed by atoms with van der Waals surface area (Å²) in [6.07, 6.45) is 4.64. The van der Waals surface area contributed by atoms with Crippen molar-refractivity contribution >= 4 is 6.29 Å². The van der Waals surface area contributed by atoms with E-state index < -0.39 is 0 Å². The third-order valence-electron chi connectivity index (χ3n) is 2.72. The van der Waals surface area contributed by atoms with Crippen molar-refractivity contribution < 1.29 is 9.53 Å². The first-order valence-corrected chi connectivity index (χ1v) is 4.78. The maximum atomic E-state index is 10.3. The maximum absolute atomic E-state index is 10.3. The Hall–Kier alpha value is -1.38. The molecule has 1 fully saturated rings. The second kappa shape index (κ2) is 3.78. The van der Waals surface area contributed by atoms with E-state index in [0.717, 1.165) is 12.7 Å². The van der Waals surface area contributed by atoms with E-state index in [9.17, 15) is 4.79 Å². The standard InChI is InChI=1S/C11H13NO2/c1-14-11-3-2-9(7-12-11)10-6-8(10)4-5-13/h2-3,5,7-8,10H,4,6H2,1H3. The molecule has 0 radical (unpaired) electrons. The molecular formula is C11H13NO2. The van der Waals surface area contributed by atoms with E-state index >= 15 is 0 Å². The summed E-state index contributed by atoms with van der Waals surface area (Å²) in [5.41, 5.74) is 1.22. The smallest absolute Gasteiger partial charge is 0.212 e. The van der Waals surface area contributed by atoms with Crippen molar-refractivity contribution in [3.8, 4) is 5.88 Å². The molecule has 1 aliphatic carbocycles. The molecule has 1 saturated carbocycles. The minimum absolute atomic E-state index is 0.540. The van der Waals surface area contributed by atoms with Crippen molar-refractivity contribution in [2.24, 2.45) is 5.92 Å². The lowest BCUT2D eigenvalue weighted by Gasteiger charge is -2.00. The van der Waals surface area contributed by atoms with Crippen molar-refractivity contribution in [2.45, 2.75) is 18.8 Å². The highest BCUT2D eigenvalue weighted by molar-refractivity contribution is 5.51. The fourth-order valence-electron chi connectivity index (χ4n) is 1.77. The van der Waals surface area contributed by atoms with E-state index in [4.69, 9.17) is 4.74 Å². The number of ether oxygens (including phenoxy) is 1. The fraction of sp³-hybridized carbons (Fsp3) is 0.455. The van der Waals surface area contributed by atoms with Crippen molar-refractivity contribution in [1.82, 2.24) is 4.98 Å². The van der Waals surface area contributed by atoms with Crippen LogP contribution in [0.25, 0.3) is 0 Å². The SMILES string of the molecule is COc1ccc(C2CC2CC=O)cn1. The van der Waals surface area contributed by atoms with Crippen LogP contribution in [0.4, 0.5) is 0 Å². The molecule has 2 atom stereocenters. The molecule has 0 N–H and O–H groups in total. The third kappa shape index (κ3) is 1.76. The number of aldehydes is 1. The second-order valence-corrected chi connectivity index (χ2v) is 3.64. The van der Waals surface area contributed by atoms with E-state index in [0.29, 0.717) is 24.1 Å². The highest BCUT2D eigenvalue weighted by Gasteiger charge is 2.37. The molecule has 3 nitrogen and oxygen atoms in total. The Kier molecular flexibility index (Phi) is 2.48. The van der Waals surface area contributed by atoms with E-state index in [2.05, 4.69) is 4.98 Å². The molecule has 2 rings (SSSR count). The quantitative estimate of drug-likeness (QED) is 0.681. The summed E-state index contributed by atoms with van der Waals surface area (Å²) in [6, 6.07) is 3.90. The molecule has 0 spiro atoms. The largest absolute Gasteiger partial charge is 0.481 e. The lowest BCUT2D eigenvalue weighted by molar-refractivity contribution is -0.108. The van der Waals surface area contributed by atoms with Gasteiger partial charge in [-0.2, -0.15) is 0 Å². The summed E-state index contributed by atoms with van der Waals surface area (Å²) in [6.45, 7) is 0. The van der Waals surface area contributed by atoms with E-state index in [-0.39, 0.29) is 0 Å². The van der Waals surface area contributed by atoms with Gasteiger partial charge >= 0.3 is 0 Å². The van der Waals surface area contributed by atoms with Crippen LogP contribution < -0.4 is 4.74 Å². The zero-order valence-electron chi connectivity index (χ0n) is 8.14. The highest BCUT2D eigenvalue weighted by Crippen LogP contribution is 2.48. The fourth-order valence-corrected chi connectivity index (χ4v) is 1.77. The monoisotopic (exact) mass is 191 g/mol. The zero-order valence-corrected chi connectivity index (χ0v) is 8.14. The molecule has 1 aromatic rings. The van der Waals surface area contributed by atoms with Crippen LogP contribution in [0.15, 0.2) is 18.3 Å². The average molecular weight is 191 g/mol. The molecule has 0 bridgehead atoms. The predicted molar refractivity (Wildman–Crippen MR) is 52.3 cm³/mol. The van der Waals surface area contributed by atoms with Gasteiger partial charge in [-0.1, -0.05) is 6.07 Å². The molecule has 14 heavy (non-hydrogen) atoms. The molecule has 3 heteroatoms. The van der Waals surface area contributed by atoms with Crippen molar-refractivity contribution in [3.63, 3.8) is 0 Å². The van der Waals surface area contributed by atoms with E-state index in [1.807, 2.05) is 18.3 Å². The number of hydrogen-bond donors (Lipinski definition) is 0. The molecule has 1 aliphatic rings. The lowest BCUT2D eigenvalue weighted by Crippen LogP contribution is -1.90. The number of carbonyl (C=O) groups excluding carboxylic acids is 1. The number of pyridine rings is 1. The van der Waals surface area contributed by atoms with Crippen LogP contribution >= 0.6 is 0 Å². The number of rotatable bonds is 4. The molecule has 1 heterocycles. The summed E-state index contributed by atoms with van der Waals surface area (Å²) in [7, 11) is 1.61. The summed E-state index contributed by atoms with van der Waals surface area (Å²) in [4.78, 5) is 14.4. The van der Waals surface area contributed by atoms with Crippen LogP contribution in [0.5, 0.6) is 5.88 Å². The van der Waals surface area contributed by atoms with Gasteiger partial charge in [0.2, 0.25) is 5.88 Å². The number of carbonyl (C=O) groups is 1. The Morgan fingerprint density at radius 1 is 1.64 bits per heavy atom. The third-order valence-corrected chi connectivity index (χ3v) is 2.72. The Bertz CT molecular complexity index is 321. The first-order valence-electron chi connectivity index (χ1n) is 4.78. The average Bonchev–Trinajstić information content (AvgIpc) is 2.98. The summed E-state index contributed by atoms with van der Waals surface area (Å²) >= 11 is 0. The van der Waals surface area contributed by atoms with Gasteiger partial charge in [0.25, 0.3) is 0 Å². The van der Waals surface area contributed by atoms with Gasteiger partial charge < -0.3 is 9.53 Å². The molecular weight excluding hydrogens is 178 g/mol. The highest BCUT2D eigenvalue weighted by atomic mass is 16.5. The van der Waals surface area contributed by atoms with Crippen LogP contribution in [0, 0.1) is 5.92 Å². The van der Waals surface area contributed by atoms with Gasteiger partial charge in [-0.25, -0.2) is 4.98 Å². The number of aromatic nitrogens is 1. The predicted octanol–water partition coefficient (Wildman–Crippen LogP) is 1.78. The van der Waals surface area contributed by atoms with Crippen LogP contribution in [-0.2, 0) is 4.79 Å². The minimum Gasteiger partial charge on any atom is -0.481 e. The van der Waals surface area contributed by atoms with Crippen LogP contribution in [-0.4, -0.2) is 18.4 Å². The molecule has 74 valence electrons. The molecule has 1 aromatic heterocycles. The van der Waals surface area contributed by atoms with Crippen molar-refractivity contribution in [2.75, 3.05) is 7.11 Å². The Morgan fingerprint density at radius 3 is 3.07 bits per heavy atom. The van der Waals surface area contributed by atoms with Gasteiger partial charge in [-0.05, 0) is 23.8 Å². The lowest BCUT2D eigenvalue weighted by atomic mass is 10.1. The summed E-state index contributed by atoms with van der Waals surface area (Å²) in [5.74, 6) is 1.72. The molecule has 0 aromatic carbocycles. The molecule has 0 amide bonds. The minimum atomic E-state index is 0.540. The molecule has 0 saturated heterocycles. The normalized spacial score (nSPS) is 24.4. The first kappa shape index (κ1) is 9.19. The molecule has 0 aliphatic heterocycles. The van der Waals surface area contributed by atoms with Crippen molar-refractivity contribution in [1.29, 1.82) is 0 Å². The van der Waals surface area contributed by atoms with Gasteiger partial charge in [-0.3, -0.25) is 0 Å². The van der Waals surface area contributed by atoms with Crippen molar-refractivity contribution in [3.05, 3.63) is 23.9 Å². The molecule has 2 unspecified atom stereocenters. The summed E-state index contributed by atoms with van der Waals surface area (Å²) in [5, 5.41) is 0. The maximum Gasteiger partial charge on any atom is 0.212 e. The summed E-state index contributed by atoms with van der Waals surface area (Å²) < 4.78 is 4.98. The number of methoxy groups -OCH3 is 1. The van der Waals surface area contributed by atoms with Gasteiger partial charge in [0.15, 0.2) is 0 Å². The van der Waals surface area contributed by atoms with Gasteiger partial charge in [0.05, 0.1) is 7.11 Å². The zero-order chi connectivity index (χ0) is 9.97. The van der Waals surface area contributed by atoms with Crippen LogP contribution in [0.2, 0.25) is 0 Å². The van der Waals surface area contributed by atoms with Gasteiger partial charge in [0.1, 0.15) is 6.29 Å². The second-order valence-electron chi connectivity index (χ2n) is 3.64. The number of hydrogen-bond acceptors (Lipinski definition) is 3. The van der Waals surface area contributed by atoms with Crippen LogP contribution in [0.1, 0.15) is 24.3 Å². The van der Waals surface area contributed by atoms with E-state index in [1.165, 1.54) is 5.56 Å². The topological polar surface area (TPSA) is 39.2 Å². The van der Waals surface area contributed by atoms with Gasteiger partial charge in [-0.15, -0.1) is 0 Å². The Balaban J connectivity index is 2.01. The Morgan fingerprint density at radius 2 is 2.50 bits per heavy atom. The Labute approximate surface area is 83.1 Å².